The Morgan fingerprint density at radius 2 is 1.90 bits per heavy atom. The molecular weight excluding hydrogens is 278 g/mol. The second kappa shape index (κ2) is 6.58. The lowest BCUT2D eigenvalue weighted by atomic mass is 9.99. The van der Waals surface area contributed by atoms with Gasteiger partial charge in [0.15, 0.2) is 11.5 Å². The first kappa shape index (κ1) is 14.5. The smallest absolute Gasteiger partial charge is 0.240 e. The molecule has 3 rings (SSSR count). The highest BCUT2D eigenvalue weighted by Gasteiger charge is 2.29. The number of nitrogens with one attached hydrogen (secondary N) is 1. The van der Waals surface area contributed by atoms with Crippen molar-refractivity contribution in [2.24, 2.45) is 0 Å². The minimum atomic E-state index is -2.34. The van der Waals surface area contributed by atoms with Crippen LogP contribution < -0.4 is 14.8 Å². The number of halogens is 2. The van der Waals surface area contributed by atoms with E-state index in [1.54, 1.807) is 0 Å². The topological polar surface area (TPSA) is 33.7 Å². The average molecular weight is 298 g/mol. The Kier molecular flexibility index (Phi) is 4.55. The first-order valence-electron chi connectivity index (χ1n) is 7.37. The van der Waals surface area contributed by atoms with Gasteiger partial charge in [0.2, 0.25) is 6.43 Å². The van der Waals surface area contributed by atoms with Gasteiger partial charge >= 0.3 is 0 Å². The lowest BCUT2D eigenvalue weighted by Crippen LogP contribution is -2.45. The van der Waals surface area contributed by atoms with Crippen LogP contribution in [0.4, 0.5) is 8.78 Å². The van der Waals surface area contributed by atoms with Crippen LogP contribution in [-0.2, 0) is 0 Å². The van der Waals surface area contributed by atoms with Crippen molar-refractivity contribution in [1.29, 1.82) is 0 Å². The van der Waals surface area contributed by atoms with Crippen molar-refractivity contribution in [3.8, 4) is 11.5 Å². The molecule has 2 aliphatic heterocycles. The summed E-state index contributed by atoms with van der Waals surface area (Å²) < 4.78 is 37.3. The predicted molar refractivity (Wildman–Crippen MR) is 75.2 cm³/mol. The number of nitrogens with zero attached hydrogens (tertiary/aromatic N) is 1. The van der Waals surface area contributed by atoms with E-state index in [-0.39, 0.29) is 12.5 Å². The van der Waals surface area contributed by atoms with Crippen LogP contribution in [0.5, 0.6) is 11.5 Å². The molecule has 1 atom stereocenters. The minimum absolute atomic E-state index is 0.181. The summed E-state index contributed by atoms with van der Waals surface area (Å²) in [7, 11) is 0. The summed E-state index contributed by atoms with van der Waals surface area (Å²) in [5, 5.41) is 3.25. The molecule has 0 radical (unpaired) electrons. The van der Waals surface area contributed by atoms with E-state index in [0.29, 0.717) is 24.7 Å². The zero-order valence-electron chi connectivity index (χ0n) is 11.9. The van der Waals surface area contributed by atoms with Gasteiger partial charge in [-0.05, 0) is 6.07 Å². The Labute approximate surface area is 123 Å². The molecule has 2 heterocycles. The standard InChI is InChI=1S/C15H20F2N2O2/c16-14(17)10-12(19-6-4-18-5-7-19)11-2-1-3-13-15(11)21-9-8-20-13/h1-3,12,14,18H,4-10H2/t12-/m0/s1. The zero-order valence-corrected chi connectivity index (χ0v) is 11.9. The third kappa shape index (κ3) is 3.27. The van der Waals surface area contributed by atoms with E-state index < -0.39 is 6.43 Å². The summed E-state index contributed by atoms with van der Waals surface area (Å²) in [6, 6.07) is 5.23. The molecule has 1 aromatic rings. The molecule has 6 heteroatoms. The zero-order chi connectivity index (χ0) is 14.7. The Hall–Kier alpha value is -1.40. The normalized spacial score (nSPS) is 20.5. The number of piperazine rings is 1. The maximum absolute atomic E-state index is 13.0. The molecule has 4 nitrogen and oxygen atoms in total. The van der Waals surface area contributed by atoms with Crippen LogP contribution in [-0.4, -0.2) is 50.7 Å². The fraction of sp³-hybridized carbons (Fsp3) is 0.600. The van der Waals surface area contributed by atoms with Gasteiger partial charge in [0.05, 0.1) is 0 Å². The summed E-state index contributed by atoms with van der Waals surface area (Å²) >= 11 is 0. The summed E-state index contributed by atoms with van der Waals surface area (Å²) in [5.74, 6) is 1.29. The molecule has 1 fully saturated rings. The third-order valence-corrected chi connectivity index (χ3v) is 3.95. The highest BCUT2D eigenvalue weighted by Crippen LogP contribution is 2.40. The molecule has 1 N–H and O–H groups in total. The van der Waals surface area contributed by atoms with E-state index in [1.807, 2.05) is 18.2 Å². The second-order valence-corrected chi connectivity index (χ2v) is 5.30. The Morgan fingerprint density at radius 1 is 1.14 bits per heavy atom. The van der Waals surface area contributed by atoms with Crippen LogP contribution in [0, 0.1) is 0 Å². The van der Waals surface area contributed by atoms with E-state index in [9.17, 15) is 8.78 Å². The van der Waals surface area contributed by atoms with Crippen LogP contribution in [0.2, 0.25) is 0 Å². The van der Waals surface area contributed by atoms with Gasteiger partial charge in [0.25, 0.3) is 0 Å². The van der Waals surface area contributed by atoms with Gasteiger partial charge in [-0.3, -0.25) is 4.90 Å². The van der Waals surface area contributed by atoms with E-state index in [1.165, 1.54) is 0 Å². The predicted octanol–water partition coefficient (Wildman–Crippen LogP) is 2.06. The number of para-hydroxylation sites is 1. The number of fused-ring (bicyclic) bond motifs is 1. The molecular formula is C15H20F2N2O2. The van der Waals surface area contributed by atoms with Gasteiger partial charge in [-0.25, -0.2) is 8.78 Å². The first-order valence-corrected chi connectivity index (χ1v) is 7.37. The number of alkyl halides is 2. The van der Waals surface area contributed by atoms with Crippen LogP contribution in [0.3, 0.4) is 0 Å². The Morgan fingerprint density at radius 3 is 2.67 bits per heavy atom. The molecule has 0 aliphatic carbocycles. The van der Waals surface area contributed by atoms with Crippen molar-refractivity contribution in [3.05, 3.63) is 23.8 Å². The summed E-state index contributed by atoms with van der Waals surface area (Å²) in [4.78, 5) is 2.11. The SMILES string of the molecule is FC(F)C[C@@H](c1cccc2c1OCCO2)N1CCNCC1. The van der Waals surface area contributed by atoms with Crippen molar-refractivity contribution in [2.75, 3.05) is 39.4 Å². The summed E-state index contributed by atoms with van der Waals surface area (Å²) in [6.07, 6.45) is -2.52. The highest BCUT2D eigenvalue weighted by molar-refractivity contribution is 5.49. The summed E-state index contributed by atoms with van der Waals surface area (Å²) in [5.41, 5.74) is 0.814. The monoisotopic (exact) mass is 298 g/mol. The van der Waals surface area contributed by atoms with Gasteiger partial charge < -0.3 is 14.8 Å². The molecule has 0 saturated carbocycles. The molecule has 0 amide bonds. The molecule has 1 saturated heterocycles. The number of hydrogen-bond acceptors (Lipinski definition) is 4. The van der Waals surface area contributed by atoms with E-state index >= 15 is 0 Å². The maximum atomic E-state index is 13.0. The number of benzene rings is 1. The molecule has 116 valence electrons. The molecule has 2 aliphatic rings. The van der Waals surface area contributed by atoms with E-state index in [0.717, 1.165) is 31.7 Å². The quantitative estimate of drug-likeness (QED) is 0.922. The number of rotatable bonds is 4. The van der Waals surface area contributed by atoms with Crippen molar-refractivity contribution in [1.82, 2.24) is 10.2 Å². The van der Waals surface area contributed by atoms with Crippen molar-refractivity contribution in [3.63, 3.8) is 0 Å². The van der Waals surface area contributed by atoms with Crippen LogP contribution in [0.25, 0.3) is 0 Å². The molecule has 21 heavy (non-hydrogen) atoms. The van der Waals surface area contributed by atoms with Gasteiger partial charge in [-0.2, -0.15) is 0 Å². The Balaban J connectivity index is 1.91. The molecule has 0 bridgehead atoms. The molecule has 1 aromatic carbocycles. The highest BCUT2D eigenvalue weighted by atomic mass is 19.3. The van der Waals surface area contributed by atoms with E-state index in [2.05, 4.69) is 10.2 Å². The van der Waals surface area contributed by atoms with Crippen molar-refractivity contribution < 1.29 is 18.3 Å². The van der Waals surface area contributed by atoms with Gasteiger partial charge in [-0.1, -0.05) is 12.1 Å². The lowest BCUT2D eigenvalue weighted by molar-refractivity contribution is 0.0710. The average Bonchev–Trinajstić information content (AvgIpc) is 2.53. The fourth-order valence-corrected chi connectivity index (χ4v) is 2.99. The summed E-state index contributed by atoms with van der Waals surface area (Å²) in [6.45, 7) is 4.15. The van der Waals surface area contributed by atoms with Gasteiger partial charge in [0, 0.05) is 44.2 Å². The number of ether oxygens (including phenoxy) is 2. The minimum Gasteiger partial charge on any atom is -0.486 e. The maximum Gasteiger partial charge on any atom is 0.240 e. The van der Waals surface area contributed by atoms with Crippen molar-refractivity contribution >= 4 is 0 Å². The van der Waals surface area contributed by atoms with Crippen LogP contribution in [0.15, 0.2) is 18.2 Å². The first-order chi connectivity index (χ1) is 10.3. The van der Waals surface area contributed by atoms with Gasteiger partial charge in [-0.15, -0.1) is 0 Å². The van der Waals surface area contributed by atoms with E-state index in [4.69, 9.17) is 9.47 Å². The fourth-order valence-electron chi connectivity index (χ4n) is 2.99. The largest absolute Gasteiger partial charge is 0.486 e. The second-order valence-electron chi connectivity index (χ2n) is 5.30. The Bertz CT molecular complexity index is 479. The lowest BCUT2D eigenvalue weighted by Gasteiger charge is -2.36. The molecule has 0 spiro atoms. The molecule has 0 unspecified atom stereocenters. The van der Waals surface area contributed by atoms with Gasteiger partial charge in [0.1, 0.15) is 13.2 Å². The number of hydrogen-bond donors (Lipinski definition) is 1. The molecule has 0 aromatic heterocycles. The van der Waals surface area contributed by atoms with Crippen LogP contribution in [0.1, 0.15) is 18.0 Å². The van der Waals surface area contributed by atoms with Crippen LogP contribution >= 0.6 is 0 Å². The van der Waals surface area contributed by atoms with Crippen molar-refractivity contribution in [2.45, 2.75) is 18.9 Å². The third-order valence-electron chi connectivity index (χ3n) is 3.95.